The summed E-state index contributed by atoms with van der Waals surface area (Å²) in [5.41, 5.74) is 1.46. The highest BCUT2D eigenvalue weighted by Crippen LogP contribution is 2.32. The molecule has 0 fully saturated rings. The largest absolute Gasteiger partial charge is 0.492 e. The van der Waals surface area contributed by atoms with E-state index in [1.165, 1.54) is 0 Å². The number of halogens is 1. The molecule has 1 heterocycles. The maximum atomic E-state index is 11.5. The number of carbonyl (C=O) groups excluding carboxylic acids is 1. The number of rotatable bonds is 6. The summed E-state index contributed by atoms with van der Waals surface area (Å²) < 4.78 is 12.4. The Labute approximate surface area is 161 Å². The number of hydrogen-bond acceptors (Lipinski definition) is 4. The van der Waals surface area contributed by atoms with Crippen LogP contribution >= 0.6 is 15.9 Å². The first-order chi connectivity index (χ1) is 12.4. The van der Waals surface area contributed by atoms with Crippen molar-refractivity contribution in [3.05, 3.63) is 58.6 Å². The Morgan fingerprint density at radius 3 is 2.62 bits per heavy atom. The summed E-state index contributed by atoms with van der Waals surface area (Å²) in [7, 11) is 0. The SMILES string of the molecule is CC(=O)c1ccc2nc(Oc3ccc(OCC(C)C)c(Br)c3)ccc2c1. The van der Waals surface area contributed by atoms with Gasteiger partial charge in [-0.25, -0.2) is 4.98 Å². The van der Waals surface area contributed by atoms with E-state index in [2.05, 4.69) is 34.8 Å². The summed E-state index contributed by atoms with van der Waals surface area (Å²) in [5.74, 6) is 2.45. The fourth-order valence-corrected chi connectivity index (χ4v) is 2.89. The Balaban J connectivity index is 1.79. The molecule has 0 bridgehead atoms. The number of carbonyl (C=O) groups is 1. The fourth-order valence-electron chi connectivity index (χ4n) is 2.42. The molecule has 0 aliphatic carbocycles. The van der Waals surface area contributed by atoms with E-state index in [0.29, 0.717) is 29.7 Å². The van der Waals surface area contributed by atoms with E-state index in [9.17, 15) is 4.79 Å². The predicted molar refractivity (Wildman–Crippen MR) is 106 cm³/mol. The third kappa shape index (κ3) is 4.41. The zero-order valence-corrected chi connectivity index (χ0v) is 16.5. The average Bonchev–Trinajstić information content (AvgIpc) is 2.60. The molecule has 0 amide bonds. The van der Waals surface area contributed by atoms with Gasteiger partial charge in [-0.05, 0) is 71.2 Å². The van der Waals surface area contributed by atoms with Crippen molar-refractivity contribution >= 4 is 32.6 Å². The van der Waals surface area contributed by atoms with Crippen LogP contribution in [0.1, 0.15) is 31.1 Å². The van der Waals surface area contributed by atoms with Gasteiger partial charge in [-0.15, -0.1) is 0 Å². The minimum absolute atomic E-state index is 0.0388. The van der Waals surface area contributed by atoms with Gasteiger partial charge < -0.3 is 9.47 Å². The van der Waals surface area contributed by atoms with Gasteiger partial charge in [0.05, 0.1) is 16.6 Å². The molecule has 1 aromatic heterocycles. The van der Waals surface area contributed by atoms with Gasteiger partial charge in [0.25, 0.3) is 0 Å². The molecule has 0 aliphatic rings. The number of pyridine rings is 1. The van der Waals surface area contributed by atoms with Crippen LogP contribution in [0.2, 0.25) is 0 Å². The Kier molecular flexibility index (Phi) is 5.57. The topological polar surface area (TPSA) is 48.4 Å². The predicted octanol–water partition coefficient (Wildman–Crippen LogP) is 6.03. The second-order valence-electron chi connectivity index (χ2n) is 6.51. The van der Waals surface area contributed by atoms with Gasteiger partial charge in [0.15, 0.2) is 5.78 Å². The van der Waals surface area contributed by atoms with E-state index in [4.69, 9.17) is 9.47 Å². The Morgan fingerprint density at radius 2 is 1.92 bits per heavy atom. The normalized spacial score (nSPS) is 11.0. The molecule has 3 aromatic rings. The van der Waals surface area contributed by atoms with Crippen molar-refractivity contribution < 1.29 is 14.3 Å². The van der Waals surface area contributed by atoms with Crippen LogP contribution in [0.3, 0.4) is 0 Å². The van der Waals surface area contributed by atoms with Crippen LogP contribution in [-0.4, -0.2) is 17.4 Å². The quantitative estimate of drug-likeness (QED) is 0.463. The van der Waals surface area contributed by atoms with Crippen LogP contribution in [0.25, 0.3) is 10.9 Å². The summed E-state index contributed by atoms with van der Waals surface area (Å²) in [6, 6.07) is 14.7. The van der Waals surface area contributed by atoms with Crippen molar-refractivity contribution in [2.45, 2.75) is 20.8 Å². The first-order valence-electron chi connectivity index (χ1n) is 8.44. The van der Waals surface area contributed by atoms with Gasteiger partial charge in [-0.2, -0.15) is 0 Å². The Hall–Kier alpha value is -2.40. The van der Waals surface area contributed by atoms with Crippen molar-refractivity contribution in [3.63, 3.8) is 0 Å². The molecular formula is C21H20BrNO3. The van der Waals surface area contributed by atoms with Crippen LogP contribution in [0.4, 0.5) is 0 Å². The van der Waals surface area contributed by atoms with Crippen molar-refractivity contribution in [1.82, 2.24) is 4.98 Å². The molecule has 26 heavy (non-hydrogen) atoms. The number of aromatic nitrogens is 1. The molecule has 4 nitrogen and oxygen atoms in total. The van der Waals surface area contributed by atoms with Crippen LogP contribution in [0.15, 0.2) is 53.0 Å². The number of ketones is 1. The molecule has 134 valence electrons. The van der Waals surface area contributed by atoms with E-state index in [-0.39, 0.29) is 5.78 Å². The van der Waals surface area contributed by atoms with Crippen LogP contribution < -0.4 is 9.47 Å². The fraction of sp³-hybridized carbons (Fsp3) is 0.238. The third-order valence-corrected chi connectivity index (χ3v) is 4.39. The van der Waals surface area contributed by atoms with Gasteiger partial charge in [-0.1, -0.05) is 13.8 Å². The standard InChI is InChI=1S/C21H20BrNO3/c1-13(2)12-25-20-8-6-17(11-18(20)22)26-21-9-5-16-10-15(14(3)24)4-7-19(16)23-21/h4-11,13H,12H2,1-3H3. The summed E-state index contributed by atoms with van der Waals surface area (Å²) >= 11 is 3.51. The molecular weight excluding hydrogens is 394 g/mol. The molecule has 0 radical (unpaired) electrons. The molecule has 0 atom stereocenters. The number of ether oxygens (including phenoxy) is 2. The summed E-state index contributed by atoms with van der Waals surface area (Å²) in [6.07, 6.45) is 0. The number of benzene rings is 2. The molecule has 2 aromatic carbocycles. The maximum Gasteiger partial charge on any atom is 0.219 e. The van der Waals surface area contributed by atoms with E-state index in [0.717, 1.165) is 21.1 Å². The molecule has 0 saturated heterocycles. The Morgan fingerprint density at radius 1 is 1.12 bits per heavy atom. The maximum absolute atomic E-state index is 11.5. The highest BCUT2D eigenvalue weighted by molar-refractivity contribution is 9.10. The van der Waals surface area contributed by atoms with E-state index in [1.54, 1.807) is 19.1 Å². The molecule has 0 spiro atoms. The minimum atomic E-state index is 0.0388. The van der Waals surface area contributed by atoms with Gasteiger partial charge >= 0.3 is 0 Å². The zero-order chi connectivity index (χ0) is 18.7. The van der Waals surface area contributed by atoms with E-state index >= 15 is 0 Å². The highest BCUT2D eigenvalue weighted by Gasteiger charge is 2.08. The summed E-state index contributed by atoms with van der Waals surface area (Å²) in [6.45, 7) is 6.43. The first kappa shape index (κ1) is 18.4. The number of nitrogens with zero attached hydrogens (tertiary/aromatic N) is 1. The van der Waals surface area contributed by atoms with Crippen LogP contribution in [-0.2, 0) is 0 Å². The van der Waals surface area contributed by atoms with Crippen molar-refractivity contribution in [2.75, 3.05) is 6.61 Å². The lowest BCUT2D eigenvalue weighted by Crippen LogP contribution is -2.04. The molecule has 0 N–H and O–H groups in total. The van der Waals surface area contributed by atoms with Gasteiger partial charge in [0.1, 0.15) is 11.5 Å². The smallest absolute Gasteiger partial charge is 0.219 e. The minimum Gasteiger partial charge on any atom is -0.492 e. The molecule has 0 saturated carbocycles. The summed E-state index contributed by atoms with van der Waals surface area (Å²) in [5, 5.41) is 0.906. The van der Waals surface area contributed by atoms with Gasteiger partial charge in [0.2, 0.25) is 5.88 Å². The zero-order valence-electron chi connectivity index (χ0n) is 15.0. The number of fused-ring (bicyclic) bond motifs is 1. The monoisotopic (exact) mass is 413 g/mol. The molecule has 5 heteroatoms. The number of Topliss-reactive ketones (excluding diaryl/α,β-unsaturated/α-hetero) is 1. The lowest BCUT2D eigenvalue weighted by atomic mass is 10.1. The average molecular weight is 414 g/mol. The highest BCUT2D eigenvalue weighted by atomic mass is 79.9. The number of hydrogen-bond donors (Lipinski definition) is 0. The van der Waals surface area contributed by atoms with Gasteiger partial charge in [-0.3, -0.25) is 4.79 Å². The van der Waals surface area contributed by atoms with E-state index < -0.39 is 0 Å². The first-order valence-corrected chi connectivity index (χ1v) is 9.23. The van der Waals surface area contributed by atoms with Gasteiger partial charge in [0, 0.05) is 17.0 Å². The Bertz CT molecular complexity index is 953. The second kappa shape index (κ2) is 7.87. The van der Waals surface area contributed by atoms with Crippen LogP contribution in [0.5, 0.6) is 17.4 Å². The van der Waals surface area contributed by atoms with Crippen LogP contribution in [0, 0.1) is 5.92 Å². The molecule has 3 rings (SSSR count). The lowest BCUT2D eigenvalue weighted by Gasteiger charge is -2.12. The second-order valence-corrected chi connectivity index (χ2v) is 7.37. The summed E-state index contributed by atoms with van der Waals surface area (Å²) in [4.78, 5) is 16.0. The van der Waals surface area contributed by atoms with Crippen molar-refractivity contribution in [1.29, 1.82) is 0 Å². The lowest BCUT2D eigenvalue weighted by molar-refractivity contribution is 0.101. The van der Waals surface area contributed by atoms with Crippen molar-refractivity contribution in [2.24, 2.45) is 5.92 Å². The van der Waals surface area contributed by atoms with Crippen molar-refractivity contribution in [3.8, 4) is 17.4 Å². The molecule has 0 unspecified atom stereocenters. The third-order valence-electron chi connectivity index (χ3n) is 3.77. The molecule has 0 aliphatic heterocycles. The van der Waals surface area contributed by atoms with E-state index in [1.807, 2.05) is 36.4 Å².